The zero-order valence-corrected chi connectivity index (χ0v) is 16.2. The van der Waals surface area contributed by atoms with E-state index in [9.17, 15) is 18.3 Å². The van der Waals surface area contributed by atoms with Crippen molar-refractivity contribution >= 4 is 32.8 Å². The molecule has 0 fully saturated rings. The SMILES string of the molecule is Cc1ccc(S(=O)(=O)Nc2ccc3oc(C(C)(C)C)nc3c2)cc1C(=O)O. The Kier molecular flexibility index (Phi) is 4.47. The summed E-state index contributed by atoms with van der Waals surface area (Å²) in [4.78, 5) is 15.5. The first kappa shape index (κ1) is 18.9. The van der Waals surface area contributed by atoms with Crippen LogP contribution in [0.3, 0.4) is 0 Å². The molecule has 3 aromatic rings. The summed E-state index contributed by atoms with van der Waals surface area (Å²) in [5, 5.41) is 9.20. The Hall–Kier alpha value is -2.87. The first-order chi connectivity index (χ1) is 12.5. The summed E-state index contributed by atoms with van der Waals surface area (Å²) in [6.07, 6.45) is 0. The van der Waals surface area contributed by atoms with Crippen molar-refractivity contribution in [1.29, 1.82) is 0 Å². The number of aryl methyl sites for hydroxylation is 1. The summed E-state index contributed by atoms with van der Waals surface area (Å²) >= 11 is 0. The van der Waals surface area contributed by atoms with Crippen molar-refractivity contribution in [2.24, 2.45) is 0 Å². The number of carboxylic acid groups (broad SMARTS) is 1. The number of fused-ring (bicyclic) bond motifs is 1. The van der Waals surface area contributed by atoms with Crippen molar-refractivity contribution in [3.05, 3.63) is 53.4 Å². The number of carbonyl (C=O) groups is 1. The Morgan fingerprint density at radius 1 is 1.15 bits per heavy atom. The van der Waals surface area contributed by atoms with Gasteiger partial charge in [-0.3, -0.25) is 4.72 Å². The van der Waals surface area contributed by atoms with Gasteiger partial charge < -0.3 is 9.52 Å². The highest BCUT2D eigenvalue weighted by molar-refractivity contribution is 7.92. The number of aromatic carboxylic acids is 1. The van der Waals surface area contributed by atoms with Crippen LogP contribution in [0.1, 0.15) is 42.6 Å². The second-order valence-corrected chi connectivity index (χ2v) is 9.02. The molecule has 3 rings (SSSR count). The van der Waals surface area contributed by atoms with Crippen molar-refractivity contribution in [3.8, 4) is 0 Å². The number of aromatic nitrogens is 1. The summed E-state index contributed by atoms with van der Waals surface area (Å²) in [5.41, 5.74) is 1.57. The second-order valence-electron chi connectivity index (χ2n) is 7.34. The van der Waals surface area contributed by atoms with Crippen LogP contribution in [-0.4, -0.2) is 24.5 Å². The third kappa shape index (κ3) is 3.80. The molecule has 0 radical (unpaired) electrons. The lowest BCUT2D eigenvalue weighted by Crippen LogP contribution is -2.14. The van der Waals surface area contributed by atoms with Gasteiger partial charge in [0.05, 0.1) is 16.1 Å². The molecule has 0 saturated heterocycles. The van der Waals surface area contributed by atoms with E-state index in [4.69, 9.17) is 4.42 Å². The molecule has 0 aliphatic carbocycles. The van der Waals surface area contributed by atoms with E-state index in [0.717, 1.165) is 6.07 Å². The number of carboxylic acids is 1. The van der Waals surface area contributed by atoms with E-state index in [1.54, 1.807) is 25.1 Å². The molecule has 0 atom stereocenters. The number of rotatable bonds is 4. The summed E-state index contributed by atoms with van der Waals surface area (Å²) in [6, 6.07) is 8.78. The average molecular weight is 388 g/mol. The predicted octanol–water partition coefficient (Wildman–Crippen LogP) is 3.93. The van der Waals surface area contributed by atoms with Crippen LogP contribution in [0.15, 0.2) is 45.7 Å². The predicted molar refractivity (Wildman–Crippen MR) is 102 cm³/mol. The van der Waals surface area contributed by atoms with Crippen molar-refractivity contribution in [3.63, 3.8) is 0 Å². The van der Waals surface area contributed by atoms with Crippen LogP contribution >= 0.6 is 0 Å². The zero-order chi connectivity index (χ0) is 20.0. The normalized spacial score (nSPS) is 12.3. The number of hydrogen-bond donors (Lipinski definition) is 2. The lowest BCUT2D eigenvalue weighted by atomic mass is 9.97. The van der Waals surface area contributed by atoms with Crippen molar-refractivity contribution in [1.82, 2.24) is 4.98 Å². The Bertz CT molecular complexity index is 1140. The molecule has 0 aliphatic rings. The van der Waals surface area contributed by atoms with Crippen molar-refractivity contribution < 1.29 is 22.7 Å². The Labute approximate surface area is 157 Å². The number of nitrogens with zero attached hydrogens (tertiary/aromatic N) is 1. The number of sulfonamides is 1. The van der Waals surface area contributed by atoms with Crippen LogP contribution in [-0.2, 0) is 15.4 Å². The van der Waals surface area contributed by atoms with E-state index >= 15 is 0 Å². The fourth-order valence-corrected chi connectivity index (χ4v) is 3.60. The molecule has 142 valence electrons. The molecule has 0 bridgehead atoms. The van der Waals surface area contributed by atoms with Gasteiger partial charge in [-0.05, 0) is 42.8 Å². The fourth-order valence-electron chi connectivity index (χ4n) is 2.52. The molecule has 2 N–H and O–H groups in total. The van der Waals surface area contributed by atoms with Gasteiger partial charge in [0, 0.05) is 5.41 Å². The standard InChI is InChI=1S/C19H20N2O5S/c1-11-5-7-13(10-14(11)17(22)23)27(24,25)21-12-6-8-16-15(9-12)20-18(26-16)19(2,3)4/h5-10,21H,1-4H3,(H,22,23). The monoisotopic (exact) mass is 388 g/mol. The maximum Gasteiger partial charge on any atom is 0.335 e. The molecule has 27 heavy (non-hydrogen) atoms. The largest absolute Gasteiger partial charge is 0.478 e. The maximum atomic E-state index is 12.6. The summed E-state index contributed by atoms with van der Waals surface area (Å²) < 4.78 is 33.4. The molecule has 2 aromatic carbocycles. The van der Waals surface area contributed by atoms with Crippen LogP contribution in [0, 0.1) is 6.92 Å². The minimum Gasteiger partial charge on any atom is -0.478 e. The summed E-state index contributed by atoms with van der Waals surface area (Å²) in [7, 11) is -3.95. The van der Waals surface area contributed by atoms with E-state index < -0.39 is 16.0 Å². The number of nitrogens with one attached hydrogen (secondary N) is 1. The molecular formula is C19H20N2O5S. The van der Waals surface area contributed by atoms with Gasteiger partial charge in [-0.15, -0.1) is 0 Å². The van der Waals surface area contributed by atoms with Crippen LogP contribution in [0.5, 0.6) is 0 Å². The highest BCUT2D eigenvalue weighted by Gasteiger charge is 2.22. The highest BCUT2D eigenvalue weighted by atomic mass is 32.2. The smallest absolute Gasteiger partial charge is 0.335 e. The average Bonchev–Trinajstić information content (AvgIpc) is 2.98. The van der Waals surface area contributed by atoms with E-state index in [1.807, 2.05) is 20.8 Å². The van der Waals surface area contributed by atoms with Crippen LogP contribution in [0.25, 0.3) is 11.1 Å². The van der Waals surface area contributed by atoms with Gasteiger partial charge in [0.1, 0.15) is 5.52 Å². The number of hydrogen-bond acceptors (Lipinski definition) is 5. The highest BCUT2D eigenvalue weighted by Crippen LogP contribution is 2.28. The van der Waals surface area contributed by atoms with Gasteiger partial charge in [-0.25, -0.2) is 18.2 Å². The Morgan fingerprint density at radius 2 is 1.85 bits per heavy atom. The van der Waals surface area contributed by atoms with Gasteiger partial charge in [0.2, 0.25) is 5.89 Å². The fraction of sp³-hybridized carbons (Fsp3) is 0.263. The number of benzene rings is 2. The van der Waals surface area contributed by atoms with Crippen LogP contribution in [0.4, 0.5) is 5.69 Å². The zero-order valence-electron chi connectivity index (χ0n) is 15.4. The molecule has 0 unspecified atom stereocenters. The molecule has 0 aliphatic heterocycles. The summed E-state index contributed by atoms with van der Waals surface area (Å²) in [6.45, 7) is 7.52. The van der Waals surface area contributed by atoms with Crippen LogP contribution < -0.4 is 4.72 Å². The van der Waals surface area contributed by atoms with Gasteiger partial charge in [-0.1, -0.05) is 26.8 Å². The first-order valence-corrected chi connectivity index (χ1v) is 9.73. The van der Waals surface area contributed by atoms with Crippen molar-refractivity contribution in [2.75, 3.05) is 4.72 Å². The van der Waals surface area contributed by atoms with E-state index in [1.165, 1.54) is 12.1 Å². The van der Waals surface area contributed by atoms with Crippen LogP contribution in [0.2, 0.25) is 0 Å². The third-order valence-electron chi connectivity index (χ3n) is 4.03. The van der Waals surface area contributed by atoms with Gasteiger partial charge >= 0.3 is 5.97 Å². The quantitative estimate of drug-likeness (QED) is 0.701. The van der Waals surface area contributed by atoms with E-state index in [-0.39, 0.29) is 15.9 Å². The first-order valence-electron chi connectivity index (χ1n) is 8.25. The topological polar surface area (TPSA) is 110 Å². The molecule has 1 aromatic heterocycles. The lowest BCUT2D eigenvalue weighted by Gasteiger charge is -2.11. The van der Waals surface area contributed by atoms with E-state index in [0.29, 0.717) is 28.2 Å². The molecule has 0 saturated carbocycles. The Morgan fingerprint density at radius 3 is 2.48 bits per heavy atom. The maximum absolute atomic E-state index is 12.6. The van der Waals surface area contributed by atoms with Gasteiger partial charge in [0.25, 0.3) is 10.0 Å². The van der Waals surface area contributed by atoms with Crippen molar-refractivity contribution in [2.45, 2.75) is 38.0 Å². The minimum atomic E-state index is -3.95. The molecular weight excluding hydrogens is 368 g/mol. The molecule has 1 heterocycles. The third-order valence-corrected chi connectivity index (χ3v) is 5.41. The number of anilines is 1. The molecule has 0 amide bonds. The minimum absolute atomic E-state index is 0.0559. The molecule has 0 spiro atoms. The second kappa shape index (κ2) is 6.38. The van der Waals surface area contributed by atoms with E-state index in [2.05, 4.69) is 9.71 Å². The van der Waals surface area contributed by atoms with Gasteiger partial charge in [-0.2, -0.15) is 0 Å². The van der Waals surface area contributed by atoms with Gasteiger partial charge in [0.15, 0.2) is 5.58 Å². The summed E-state index contributed by atoms with van der Waals surface area (Å²) in [5.74, 6) is -0.620. The number of oxazole rings is 1. The lowest BCUT2D eigenvalue weighted by molar-refractivity contribution is 0.0696. The molecule has 8 heteroatoms. The molecule has 7 nitrogen and oxygen atoms in total. The Balaban J connectivity index is 1.96.